The third-order valence-corrected chi connectivity index (χ3v) is 3.35. The first kappa shape index (κ1) is 8.52. The zero-order valence-corrected chi connectivity index (χ0v) is 7.96. The van der Waals surface area contributed by atoms with Crippen molar-refractivity contribution in [2.75, 3.05) is 26.3 Å². The Kier molecular flexibility index (Phi) is 2.66. The van der Waals surface area contributed by atoms with E-state index in [1.165, 1.54) is 32.4 Å². The van der Waals surface area contributed by atoms with Gasteiger partial charge in [0.2, 0.25) is 0 Å². The molecule has 0 amide bonds. The summed E-state index contributed by atoms with van der Waals surface area (Å²) < 4.78 is 5.33. The molecule has 2 aliphatic rings. The molecule has 0 atom stereocenters. The van der Waals surface area contributed by atoms with Crippen LogP contribution >= 0.6 is 0 Å². The normalized spacial score (nSPS) is 37.8. The van der Waals surface area contributed by atoms with Crippen molar-refractivity contribution in [3.8, 4) is 0 Å². The van der Waals surface area contributed by atoms with Gasteiger partial charge in [0.15, 0.2) is 0 Å². The van der Waals surface area contributed by atoms with E-state index in [1.54, 1.807) is 0 Å². The van der Waals surface area contributed by atoms with Crippen molar-refractivity contribution in [2.45, 2.75) is 32.2 Å². The molecule has 1 saturated carbocycles. The molecule has 1 aliphatic heterocycles. The second-order valence-corrected chi connectivity index (χ2v) is 4.05. The van der Waals surface area contributed by atoms with E-state index in [0.29, 0.717) is 0 Å². The first-order valence-corrected chi connectivity index (χ1v) is 5.22. The Hall–Kier alpha value is -0.0800. The summed E-state index contributed by atoms with van der Waals surface area (Å²) in [7, 11) is 0. The lowest BCUT2D eigenvalue weighted by Gasteiger charge is -2.44. The van der Waals surface area contributed by atoms with Crippen LogP contribution in [0.1, 0.15) is 26.2 Å². The highest BCUT2D eigenvalue weighted by molar-refractivity contribution is 4.87. The first-order valence-electron chi connectivity index (χ1n) is 5.22. The molecular formula is C10H19NO. The highest BCUT2D eigenvalue weighted by Gasteiger charge is 2.32. The van der Waals surface area contributed by atoms with Crippen molar-refractivity contribution in [3.05, 3.63) is 0 Å². The molecule has 1 heterocycles. The van der Waals surface area contributed by atoms with Crippen molar-refractivity contribution in [3.63, 3.8) is 0 Å². The van der Waals surface area contributed by atoms with Crippen LogP contribution in [0.4, 0.5) is 0 Å². The number of nitrogens with zero attached hydrogens (tertiary/aromatic N) is 1. The maximum atomic E-state index is 5.33. The van der Waals surface area contributed by atoms with Crippen LogP contribution < -0.4 is 0 Å². The number of hydrogen-bond donors (Lipinski definition) is 0. The van der Waals surface area contributed by atoms with Crippen LogP contribution in [0.25, 0.3) is 0 Å². The van der Waals surface area contributed by atoms with Crippen LogP contribution in [0.15, 0.2) is 0 Å². The standard InChI is InChI=1S/C10H19NO/c1-2-9-7-10(8-9)11-3-5-12-6-4-11/h9-10H,2-8H2,1H3. The first-order chi connectivity index (χ1) is 5.90. The molecule has 0 radical (unpaired) electrons. The SMILES string of the molecule is CCC1CC(N2CCOCC2)C1. The lowest BCUT2D eigenvalue weighted by atomic mass is 9.77. The van der Waals surface area contributed by atoms with Gasteiger partial charge in [-0.05, 0) is 18.8 Å². The van der Waals surface area contributed by atoms with Gasteiger partial charge < -0.3 is 4.74 Å². The quantitative estimate of drug-likeness (QED) is 0.621. The summed E-state index contributed by atoms with van der Waals surface area (Å²) >= 11 is 0. The summed E-state index contributed by atoms with van der Waals surface area (Å²) in [6, 6.07) is 0.902. The fourth-order valence-corrected chi connectivity index (χ4v) is 2.27. The van der Waals surface area contributed by atoms with Crippen molar-refractivity contribution < 1.29 is 4.74 Å². The second kappa shape index (κ2) is 3.75. The Balaban J connectivity index is 1.72. The van der Waals surface area contributed by atoms with Gasteiger partial charge in [0.1, 0.15) is 0 Å². The van der Waals surface area contributed by atoms with Crippen LogP contribution in [0.3, 0.4) is 0 Å². The molecule has 0 spiro atoms. The highest BCUT2D eigenvalue weighted by Crippen LogP contribution is 2.33. The molecule has 0 aromatic rings. The lowest BCUT2D eigenvalue weighted by molar-refractivity contribution is -0.0174. The molecule has 0 aromatic heterocycles. The van der Waals surface area contributed by atoms with Crippen LogP contribution in [-0.2, 0) is 4.74 Å². The van der Waals surface area contributed by atoms with E-state index in [4.69, 9.17) is 4.74 Å². The second-order valence-electron chi connectivity index (χ2n) is 4.05. The smallest absolute Gasteiger partial charge is 0.0594 e. The van der Waals surface area contributed by atoms with Gasteiger partial charge >= 0.3 is 0 Å². The molecule has 1 saturated heterocycles. The fraction of sp³-hybridized carbons (Fsp3) is 1.00. The average Bonchev–Trinajstić information content (AvgIpc) is 2.04. The number of rotatable bonds is 2. The summed E-state index contributed by atoms with van der Waals surface area (Å²) in [6.45, 7) is 6.54. The molecular weight excluding hydrogens is 150 g/mol. The summed E-state index contributed by atoms with van der Waals surface area (Å²) in [4.78, 5) is 2.61. The zero-order valence-electron chi connectivity index (χ0n) is 7.96. The van der Waals surface area contributed by atoms with Gasteiger partial charge in [-0.1, -0.05) is 13.3 Å². The molecule has 70 valence electrons. The van der Waals surface area contributed by atoms with Gasteiger partial charge in [0.25, 0.3) is 0 Å². The third kappa shape index (κ3) is 1.64. The Morgan fingerprint density at radius 2 is 1.92 bits per heavy atom. The fourth-order valence-electron chi connectivity index (χ4n) is 2.27. The van der Waals surface area contributed by atoms with Crippen molar-refractivity contribution in [1.82, 2.24) is 4.90 Å². The largest absolute Gasteiger partial charge is 0.379 e. The summed E-state index contributed by atoms with van der Waals surface area (Å²) in [6.07, 6.45) is 4.26. The third-order valence-electron chi connectivity index (χ3n) is 3.35. The van der Waals surface area contributed by atoms with Crippen LogP contribution in [0, 0.1) is 5.92 Å². The molecule has 0 bridgehead atoms. The molecule has 2 nitrogen and oxygen atoms in total. The maximum absolute atomic E-state index is 5.33. The van der Waals surface area contributed by atoms with E-state index in [1.807, 2.05) is 0 Å². The van der Waals surface area contributed by atoms with Gasteiger partial charge in [-0.3, -0.25) is 4.90 Å². The summed E-state index contributed by atoms with van der Waals surface area (Å²) in [5.74, 6) is 1.03. The van der Waals surface area contributed by atoms with E-state index in [2.05, 4.69) is 11.8 Å². The van der Waals surface area contributed by atoms with Crippen molar-refractivity contribution >= 4 is 0 Å². The van der Waals surface area contributed by atoms with E-state index >= 15 is 0 Å². The predicted molar refractivity (Wildman–Crippen MR) is 49.2 cm³/mol. The molecule has 12 heavy (non-hydrogen) atoms. The minimum absolute atomic E-state index is 0.902. The van der Waals surface area contributed by atoms with Crippen molar-refractivity contribution in [1.29, 1.82) is 0 Å². The van der Waals surface area contributed by atoms with Gasteiger partial charge in [0, 0.05) is 19.1 Å². The molecule has 2 fully saturated rings. The number of hydrogen-bond acceptors (Lipinski definition) is 2. The molecule has 2 rings (SSSR count). The van der Waals surface area contributed by atoms with E-state index < -0.39 is 0 Å². The predicted octanol–water partition coefficient (Wildman–Crippen LogP) is 1.51. The van der Waals surface area contributed by atoms with Gasteiger partial charge in [0.05, 0.1) is 13.2 Å². The molecule has 0 aromatic carbocycles. The van der Waals surface area contributed by atoms with Crippen LogP contribution in [-0.4, -0.2) is 37.2 Å². The van der Waals surface area contributed by atoms with Gasteiger partial charge in [-0.25, -0.2) is 0 Å². The van der Waals surface area contributed by atoms with E-state index in [0.717, 1.165) is 25.2 Å². The summed E-state index contributed by atoms with van der Waals surface area (Å²) in [5.41, 5.74) is 0. The van der Waals surface area contributed by atoms with E-state index in [9.17, 15) is 0 Å². The monoisotopic (exact) mass is 169 g/mol. The number of morpholine rings is 1. The van der Waals surface area contributed by atoms with Gasteiger partial charge in [-0.15, -0.1) is 0 Å². The van der Waals surface area contributed by atoms with Crippen molar-refractivity contribution in [2.24, 2.45) is 5.92 Å². The van der Waals surface area contributed by atoms with E-state index in [-0.39, 0.29) is 0 Å². The minimum Gasteiger partial charge on any atom is -0.379 e. The average molecular weight is 169 g/mol. The van der Waals surface area contributed by atoms with Crippen LogP contribution in [0.2, 0.25) is 0 Å². The molecule has 2 heteroatoms. The molecule has 0 unspecified atom stereocenters. The Bertz CT molecular complexity index is 137. The van der Waals surface area contributed by atoms with Crippen LogP contribution in [0.5, 0.6) is 0 Å². The Morgan fingerprint density at radius 3 is 2.50 bits per heavy atom. The Labute approximate surface area is 74.9 Å². The topological polar surface area (TPSA) is 12.5 Å². The lowest BCUT2D eigenvalue weighted by Crippen LogP contribution is -2.49. The minimum atomic E-state index is 0.902. The number of ether oxygens (including phenoxy) is 1. The molecule has 0 N–H and O–H groups in total. The maximum Gasteiger partial charge on any atom is 0.0594 e. The highest BCUT2D eigenvalue weighted by atomic mass is 16.5. The zero-order chi connectivity index (χ0) is 8.39. The molecule has 1 aliphatic carbocycles. The summed E-state index contributed by atoms with van der Waals surface area (Å²) in [5, 5.41) is 0. The Morgan fingerprint density at radius 1 is 1.25 bits per heavy atom. The van der Waals surface area contributed by atoms with Gasteiger partial charge in [-0.2, -0.15) is 0 Å².